The fraction of sp³-hybridized carbons (Fsp3) is 0.826. The third-order valence-electron chi connectivity index (χ3n) is 7.03. The molecular formula is C23H42N4O8P+. The van der Waals surface area contributed by atoms with Crippen LogP contribution in [0.2, 0.25) is 0 Å². The lowest BCUT2D eigenvalue weighted by atomic mass is 9.90. The Bertz CT molecular complexity index is 770. The second-order valence-electron chi connectivity index (χ2n) is 9.19. The summed E-state index contributed by atoms with van der Waals surface area (Å²) >= 11 is 0. The average molecular weight is 534 g/mol. The van der Waals surface area contributed by atoms with Gasteiger partial charge >= 0.3 is 8.03 Å². The lowest BCUT2D eigenvalue weighted by Crippen LogP contribution is -2.54. The van der Waals surface area contributed by atoms with Crippen molar-refractivity contribution in [2.75, 3.05) is 40.6 Å². The molecule has 0 aromatic heterocycles. The monoisotopic (exact) mass is 533 g/mol. The van der Waals surface area contributed by atoms with E-state index in [-0.39, 0.29) is 43.0 Å². The minimum atomic E-state index is -2.50. The molecule has 0 aliphatic carbocycles. The van der Waals surface area contributed by atoms with E-state index in [2.05, 4.69) is 10.6 Å². The van der Waals surface area contributed by atoms with Crippen LogP contribution in [0.1, 0.15) is 46.5 Å². The van der Waals surface area contributed by atoms with Gasteiger partial charge in [-0.2, -0.15) is 4.89 Å². The van der Waals surface area contributed by atoms with Crippen molar-refractivity contribution in [3.05, 3.63) is 0 Å². The summed E-state index contributed by atoms with van der Waals surface area (Å²) in [4.78, 5) is 61.4. The number of likely N-dealkylation sites (tertiary alicyclic amines) is 1. The third-order valence-corrected chi connectivity index (χ3v) is 7.46. The molecule has 1 heterocycles. The van der Waals surface area contributed by atoms with Crippen LogP contribution in [0.15, 0.2) is 0 Å². The first-order valence-corrected chi connectivity index (χ1v) is 13.6. The largest absolute Gasteiger partial charge is 0.527 e. The molecule has 12 nitrogen and oxygen atoms in total. The van der Waals surface area contributed by atoms with Gasteiger partial charge < -0.3 is 29.9 Å². The summed E-state index contributed by atoms with van der Waals surface area (Å²) in [5.41, 5.74) is 0. The first-order valence-electron chi connectivity index (χ1n) is 12.2. The molecule has 1 fully saturated rings. The molecule has 4 amide bonds. The van der Waals surface area contributed by atoms with Crippen LogP contribution in [0.25, 0.3) is 0 Å². The highest BCUT2D eigenvalue weighted by Gasteiger charge is 2.42. The maximum Gasteiger partial charge on any atom is 0.527 e. The molecule has 7 atom stereocenters. The minimum Gasteiger partial charge on any atom is -0.379 e. The van der Waals surface area contributed by atoms with Crippen molar-refractivity contribution in [2.24, 2.45) is 11.8 Å². The molecule has 0 spiro atoms. The predicted octanol–water partition coefficient (Wildman–Crippen LogP) is 0.461. The van der Waals surface area contributed by atoms with E-state index in [0.29, 0.717) is 19.4 Å². The zero-order valence-corrected chi connectivity index (χ0v) is 23.0. The van der Waals surface area contributed by atoms with Gasteiger partial charge in [0.05, 0.1) is 43.2 Å². The number of hydrogen-bond acceptors (Lipinski definition) is 7. The van der Waals surface area contributed by atoms with Crippen molar-refractivity contribution in [3.8, 4) is 0 Å². The fourth-order valence-corrected chi connectivity index (χ4v) is 5.18. The fourth-order valence-electron chi connectivity index (χ4n) is 4.89. The van der Waals surface area contributed by atoms with E-state index < -0.39 is 38.1 Å². The Balaban J connectivity index is 3.04. The molecule has 7 unspecified atom stereocenters. The SMILES string of the molecule is CCC(C)C(C(CC(=O)N1CCCC1C(OC)C(C)C(=O)NC[P+](=O)O)OC)N(C)C(=O)CNC=O. The normalized spacial score (nSPS) is 20.0. The number of amides is 4. The summed E-state index contributed by atoms with van der Waals surface area (Å²) in [5, 5.41) is 4.81. The summed E-state index contributed by atoms with van der Waals surface area (Å²) in [5.74, 6) is -1.50. The van der Waals surface area contributed by atoms with Crippen LogP contribution in [0.3, 0.4) is 0 Å². The van der Waals surface area contributed by atoms with Gasteiger partial charge in [-0.25, -0.2) is 0 Å². The summed E-state index contributed by atoms with van der Waals surface area (Å²) in [6.45, 7) is 6.00. The number of likely N-dealkylation sites (N-methyl/N-ethyl adjacent to an activating group) is 1. The number of nitrogens with zero attached hydrogens (tertiary/aromatic N) is 2. The van der Waals surface area contributed by atoms with Gasteiger partial charge in [-0.3, -0.25) is 19.2 Å². The Labute approximate surface area is 214 Å². The molecule has 0 aromatic carbocycles. The zero-order chi connectivity index (χ0) is 27.4. The number of nitrogens with one attached hydrogen (secondary N) is 2. The molecule has 1 rings (SSSR count). The first kappa shape index (κ1) is 31.9. The maximum atomic E-state index is 13.5. The molecule has 0 saturated carbocycles. The Kier molecular flexibility index (Phi) is 14.0. The summed E-state index contributed by atoms with van der Waals surface area (Å²) in [6, 6.07) is -0.740. The Morgan fingerprint density at radius 3 is 2.44 bits per heavy atom. The number of carbonyl (C=O) groups is 4. The van der Waals surface area contributed by atoms with Gasteiger partial charge in [0.25, 0.3) is 0 Å². The summed E-state index contributed by atoms with van der Waals surface area (Å²) in [6.07, 6.45) is 1.12. The Hall–Kier alpha value is -2.14. The highest BCUT2D eigenvalue weighted by molar-refractivity contribution is 7.37. The van der Waals surface area contributed by atoms with E-state index in [4.69, 9.17) is 14.4 Å². The third kappa shape index (κ3) is 8.76. The van der Waals surface area contributed by atoms with Gasteiger partial charge in [0.1, 0.15) is 0 Å². The topological polar surface area (TPSA) is 155 Å². The van der Waals surface area contributed by atoms with Crippen LogP contribution >= 0.6 is 8.03 Å². The van der Waals surface area contributed by atoms with Gasteiger partial charge in [0, 0.05) is 27.8 Å². The van der Waals surface area contributed by atoms with Crippen molar-refractivity contribution in [1.82, 2.24) is 20.4 Å². The van der Waals surface area contributed by atoms with Crippen LogP contribution in [-0.2, 0) is 33.2 Å². The average Bonchev–Trinajstić information content (AvgIpc) is 3.34. The van der Waals surface area contributed by atoms with Crippen LogP contribution in [0.5, 0.6) is 0 Å². The molecule has 1 aliphatic heterocycles. The molecule has 0 aromatic rings. The number of carbonyl (C=O) groups excluding carboxylic acids is 4. The van der Waals surface area contributed by atoms with Crippen LogP contribution in [-0.4, -0.2) is 104 Å². The lowest BCUT2D eigenvalue weighted by Gasteiger charge is -2.39. The number of rotatable bonds is 16. The van der Waals surface area contributed by atoms with E-state index >= 15 is 0 Å². The molecule has 0 bridgehead atoms. The van der Waals surface area contributed by atoms with Crippen molar-refractivity contribution < 1.29 is 38.1 Å². The summed E-state index contributed by atoms with van der Waals surface area (Å²) < 4.78 is 22.3. The quantitative estimate of drug-likeness (QED) is 0.191. The van der Waals surface area contributed by atoms with Crippen molar-refractivity contribution >= 4 is 32.2 Å². The molecule has 36 heavy (non-hydrogen) atoms. The van der Waals surface area contributed by atoms with Gasteiger partial charge in [-0.05, 0) is 23.3 Å². The second kappa shape index (κ2) is 15.9. The van der Waals surface area contributed by atoms with Crippen LogP contribution in [0.4, 0.5) is 0 Å². The zero-order valence-electron chi connectivity index (χ0n) is 22.1. The van der Waals surface area contributed by atoms with Gasteiger partial charge in [-0.1, -0.05) is 27.2 Å². The number of methoxy groups -OCH3 is 2. The van der Waals surface area contributed by atoms with E-state index in [9.17, 15) is 23.7 Å². The minimum absolute atomic E-state index is 0.0239. The van der Waals surface area contributed by atoms with Gasteiger partial charge in [0.2, 0.25) is 30.4 Å². The first-order chi connectivity index (χ1) is 17.0. The molecule has 1 saturated heterocycles. The van der Waals surface area contributed by atoms with Crippen molar-refractivity contribution in [2.45, 2.75) is 70.7 Å². The molecule has 13 heteroatoms. The van der Waals surface area contributed by atoms with E-state index in [1.54, 1.807) is 18.9 Å². The van der Waals surface area contributed by atoms with E-state index in [1.807, 2.05) is 13.8 Å². The standard InChI is InChI=1S/C23H41N4O8P/c1-7-15(2)21(26(4)20(30)12-24-13-28)18(34-5)11-19(29)27-10-8-9-17(27)22(35-6)16(3)23(31)25-14-36(32)33/h13,15-18,21-22H,7-12,14H2,1-6H3,(H2-,24,25,28,31,32,33)/p+1. The van der Waals surface area contributed by atoms with E-state index in [1.165, 1.54) is 19.1 Å². The second-order valence-corrected chi connectivity index (χ2v) is 10.2. The maximum absolute atomic E-state index is 13.5. The molecule has 0 radical (unpaired) electrons. The van der Waals surface area contributed by atoms with Crippen LogP contribution in [0, 0.1) is 11.8 Å². The highest BCUT2D eigenvalue weighted by atomic mass is 31.1. The highest BCUT2D eigenvalue weighted by Crippen LogP contribution is 2.29. The number of hydrogen-bond donors (Lipinski definition) is 3. The van der Waals surface area contributed by atoms with Gasteiger partial charge in [0.15, 0.2) is 0 Å². The van der Waals surface area contributed by atoms with Crippen molar-refractivity contribution in [1.29, 1.82) is 0 Å². The molecule has 1 aliphatic rings. The molecular weight excluding hydrogens is 491 g/mol. The van der Waals surface area contributed by atoms with Crippen LogP contribution < -0.4 is 10.6 Å². The van der Waals surface area contributed by atoms with E-state index in [0.717, 1.165) is 12.8 Å². The predicted molar refractivity (Wildman–Crippen MR) is 133 cm³/mol. The van der Waals surface area contributed by atoms with Gasteiger partial charge in [-0.15, -0.1) is 0 Å². The Morgan fingerprint density at radius 2 is 1.92 bits per heavy atom. The molecule has 3 N–H and O–H groups in total. The smallest absolute Gasteiger partial charge is 0.379 e. The lowest BCUT2D eigenvalue weighted by molar-refractivity contribution is -0.145. The van der Waals surface area contributed by atoms with Crippen molar-refractivity contribution in [3.63, 3.8) is 0 Å². The Morgan fingerprint density at radius 1 is 1.25 bits per heavy atom. The number of ether oxygens (including phenoxy) is 2. The summed E-state index contributed by atoms with van der Waals surface area (Å²) in [7, 11) is 2.13. The molecule has 206 valence electrons.